The third kappa shape index (κ3) is 2.76. The maximum Gasteiger partial charge on any atom is 0.165 e. The number of nitrogen functional groups attached to an aromatic ring is 1. The van der Waals surface area contributed by atoms with Gasteiger partial charge in [0.05, 0.1) is 11.3 Å². The van der Waals surface area contributed by atoms with Crippen molar-refractivity contribution in [3.63, 3.8) is 0 Å². The van der Waals surface area contributed by atoms with Crippen molar-refractivity contribution in [2.45, 2.75) is 6.54 Å². The minimum atomic E-state index is 0.0473. The number of rotatable bonds is 3. The van der Waals surface area contributed by atoms with Crippen molar-refractivity contribution in [1.29, 1.82) is 5.26 Å². The summed E-state index contributed by atoms with van der Waals surface area (Å²) in [5.41, 5.74) is 14.3. The molecule has 0 unspecified atom stereocenters. The van der Waals surface area contributed by atoms with E-state index >= 15 is 0 Å². The van der Waals surface area contributed by atoms with Gasteiger partial charge in [0.25, 0.3) is 0 Å². The lowest BCUT2D eigenvalue weighted by molar-refractivity contribution is 0.477. The number of nitrogens with two attached hydrogens (primary N) is 2. The highest BCUT2D eigenvalue weighted by molar-refractivity contribution is 5.76. The fraction of sp³-hybridized carbons (Fsp3) is 0.0556. The van der Waals surface area contributed by atoms with Crippen molar-refractivity contribution in [2.75, 3.05) is 5.73 Å². The van der Waals surface area contributed by atoms with Crippen LogP contribution in [0.3, 0.4) is 0 Å². The van der Waals surface area contributed by atoms with Gasteiger partial charge >= 0.3 is 0 Å². The molecular formula is C18H15N5O. The molecule has 0 saturated heterocycles. The molecule has 0 aliphatic heterocycles. The average molecular weight is 317 g/mol. The molecule has 0 amide bonds. The molecule has 6 heteroatoms. The highest BCUT2D eigenvalue weighted by Gasteiger charge is 2.16. The van der Waals surface area contributed by atoms with Gasteiger partial charge in [0.2, 0.25) is 0 Å². The van der Waals surface area contributed by atoms with Crippen LogP contribution in [0.25, 0.3) is 22.6 Å². The van der Waals surface area contributed by atoms with Gasteiger partial charge in [0.1, 0.15) is 23.2 Å². The van der Waals surface area contributed by atoms with Gasteiger partial charge < -0.3 is 16.6 Å². The van der Waals surface area contributed by atoms with Gasteiger partial charge in [-0.25, -0.2) is 9.97 Å². The predicted octanol–water partition coefficient (Wildman–Crippen LogP) is 2.43. The first-order chi connectivity index (χ1) is 11.6. The molecule has 0 radical (unpaired) electrons. The zero-order chi connectivity index (χ0) is 17.1. The van der Waals surface area contributed by atoms with Crippen LogP contribution in [0.15, 0.2) is 48.5 Å². The monoisotopic (exact) mass is 317 g/mol. The van der Waals surface area contributed by atoms with Gasteiger partial charge in [0, 0.05) is 12.1 Å². The largest absolute Gasteiger partial charge is 0.507 e. The fourth-order valence-electron chi connectivity index (χ4n) is 2.38. The molecule has 0 atom stereocenters. The zero-order valence-corrected chi connectivity index (χ0v) is 12.8. The van der Waals surface area contributed by atoms with Crippen molar-refractivity contribution < 1.29 is 5.11 Å². The Hall–Kier alpha value is -3.43. The lowest BCUT2D eigenvalue weighted by Gasteiger charge is -2.10. The molecule has 0 aliphatic carbocycles. The van der Waals surface area contributed by atoms with E-state index in [1.165, 1.54) is 0 Å². The Balaban J connectivity index is 2.21. The van der Waals surface area contributed by atoms with Crippen LogP contribution < -0.4 is 11.5 Å². The Morgan fingerprint density at radius 2 is 1.75 bits per heavy atom. The Morgan fingerprint density at radius 1 is 1.04 bits per heavy atom. The molecule has 3 rings (SSSR count). The fourth-order valence-corrected chi connectivity index (χ4v) is 2.38. The summed E-state index contributed by atoms with van der Waals surface area (Å²) in [4.78, 5) is 8.62. The number of phenols is 1. The quantitative estimate of drug-likeness (QED) is 0.682. The van der Waals surface area contributed by atoms with Gasteiger partial charge in [-0.2, -0.15) is 5.26 Å². The van der Waals surface area contributed by atoms with Crippen molar-refractivity contribution in [3.05, 3.63) is 59.7 Å². The van der Waals surface area contributed by atoms with E-state index in [0.29, 0.717) is 17.8 Å². The minimum absolute atomic E-state index is 0.0473. The molecule has 0 saturated carbocycles. The maximum absolute atomic E-state index is 10.0. The Bertz CT molecular complexity index is 929. The summed E-state index contributed by atoms with van der Waals surface area (Å²) in [6, 6.07) is 16.2. The number of phenolic OH excluding ortho intramolecular Hbond substituents is 1. The van der Waals surface area contributed by atoms with Crippen molar-refractivity contribution in [3.8, 4) is 34.5 Å². The third-order valence-electron chi connectivity index (χ3n) is 3.66. The molecule has 5 N–H and O–H groups in total. The van der Waals surface area contributed by atoms with Crippen molar-refractivity contribution in [2.24, 2.45) is 5.73 Å². The van der Waals surface area contributed by atoms with E-state index in [-0.39, 0.29) is 23.0 Å². The summed E-state index contributed by atoms with van der Waals surface area (Å²) >= 11 is 0. The highest BCUT2D eigenvalue weighted by Crippen LogP contribution is 2.31. The maximum atomic E-state index is 10.0. The molecule has 3 aromatic rings. The lowest BCUT2D eigenvalue weighted by atomic mass is 10.0. The highest BCUT2D eigenvalue weighted by atomic mass is 16.3. The molecule has 1 aromatic heterocycles. The smallest absolute Gasteiger partial charge is 0.165 e. The topological polar surface area (TPSA) is 122 Å². The van der Waals surface area contributed by atoms with E-state index < -0.39 is 0 Å². The number of hydrogen-bond acceptors (Lipinski definition) is 6. The van der Waals surface area contributed by atoms with Gasteiger partial charge in [-0.1, -0.05) is 36.4 Å². The normalized spacial score (nSPS) is 10.3. The lowest BCUT2D eigenvalue weighted by Crippen LogP contribution is -2.03. The SMILES string of the molecule is N#Cc1c(N)nc(-c2ccccc2O)nc1-c1ccc(CN)cc1. The minimum Gasteiger partial charge on any atom is -0.507 e. The third-order valence-corrected chi connectivity index (χ3v) is 3.66. The van der Waals surface area contributed by atoms with Gasteiger partial charge in [0.15, 0.2) is 5.82 Å². The first-order valence-corrected chi connectivity index (χ1v) is 7.29. The first kappa shape index (κ1) is 15.5. The Labute approximate surface area is 139 Å². The number of anilines is 1. The molecule has 24 heavy (non-hydrogen) atoms. The summed E-state index contributed by atoms with van der Waals surface area (Å²) in [6.45, 7) is 0.431. The molecule has 118 valence electrons. The van der Waals surface area contributed by atoms with Crippen LogP contribution in [0, 0.1) is 11.3 Å². The Kier molecular flexibility index (Phi) is 4.10. The predicted molar refractivity (Wildman–Crippen MR) is 91.6 cm³/mol. The molecule has 1 heterocycles. The average Bonchev–Trinajstić information content (AvgIpc) is 2.61. The molecule has 0 fully saturated rings. The second-order valence-corrected chi connectivity index (χ2v) is 5.19. The molecule has 2 aromatic carbocycles. The number of aromatic nitrogens is 2. The number of benzene rings is 2. The van der Waals surface area contributed by atoms with Gasteiger partial charge in [-0.05, 0) is 17.7 Å². The second-order valence-electron chi connectivity index (χ2n) is 5.19. The van der Waals surface area contributed by atoms with Gasteiger partial charge in [-0.15, -0.1) is 0 Å². The van der Waals surface area contributed by atoms with E-state index in [1.807, 2.05) is 30.3 Å². The number of aromatic hydroxyl groups is 1. The molecule has 0 bridgehead atoms. The van der Waals surface area contributed by atoms with E-state index in [2.05, 4.69) is 9.97 Å². The van der Waals surface area contributed by atoms with Crippen LogP contribution in [0.1, 0.15) is 11.1 Å². The van der Waals surface area contributed by atoms with E-state index in [0.717, 1.165) is 11.1 Å². The Morgan fingerprint density at radius 3 is 2.38 bits per heavy atom. The van der Waals surface area contributed by atoms with Gasteiger partial charge in [-0.3, -0.25) is 0 Å². The van der Waals surface area contributed by atoms with Crippen molar-refractivity contribution >= 4 is 5.82 Å². The molecular weight excluding hydrogens is 302 g/mol. The summed E-state index contributed by atoms with van der Waals surface area (Å²) in [5.74, 6) is 0.386. The van der Waals surface area contributed by atoms with Crippen LogP contribution in [0.4, 0.5) is 5.82 Å². The summed E-state index contributed by atoms with van der Waals surface area (Å²) < 4.78 is 0. The van der Waals surface area contributed by atoms with Crippen LogP contribution in [-0.4, -0.2) is 15.1 Å². The van der Waals surface area contributed by atoms with Crippen molar-refractivity contribution in [1.82, 2.24) is 9.97 Å². The number of nitriles is 1. The van der Waals surface area contributed by atoms with E-state index in [4.69, 9.17) is 11.5 Å². The number of hydrogen-bond donors (Lipinski definition) is 3. The summed E-state index contributed by atoms with van der Waals surface area (Å²) in [6.07, 6.45) is 0. The first-order valence-electron chi connectivity index (χ1n) is 7.29. The summed E-state index contributed by atoms with van der Waals surface area (Å²) in [7, 11) is 0. The van der Waals surface area contributed by atoms with E-state index in [1.54, 1.807) is 24.3 Å². The zero-order valence-electron chi connectivity index (χ0n) is 12.8. The molecule has 0 aliphatic rings. The van der Waals surface area contributed by atoms with Crippen LogP contribution in [0.5, 0.6) is 5.75 Å². The number of para-hydroxylation sites is 1. The van der Waals surface area contributed by atoms with Crippen LogP contribution in [-0.2, 0) is 6.54 Å². The molecule has 6 nitrogen and oxygen atoms in total. The summed E-state index contributed by atoms with van der Waals surface area (Å²) in [5, 5.41) is 19.4. The van der Waals surface area contributed by atoms with Crippen LogP contribution >= 0.6 is 0 Å². The number of nitrogens with zero attached hydrogens (tertiary/aromatic N) is 3. The second kappa shape index (κ2) is 6.36. The van der Waals surface area contributed by atoms with E-state index in [9.17, 15) is 10.4 Å². The van der Waals surface area contributed by atoms with Crippen LogP contribution in [0.2, 0.25) is 0 Å². The molecule has 0 spiro atoms. The standard InChI is InChI=1S/C18H15N5O/c19-9-11-5-7-12(8-6-11)16-14(10-20)17(21)23-18(22-16)13-3-1-2-4-15(13)24/h1-8,24H,9,19H2,(H2,21,22,23).